The fourth-order valence-electron chi connectivity index (χ4n) is 1.47. The van der Waals surface area contributed by atoms with Crippen LogP contribution in [0.1, 0.15) is 26.7 Å². The Morgan fingerprint density at radius 3 is 2.85 bits per heavy atom. The van der Waals surface area contributed by atoms with E-state index in [9.17, 15) is 0 Å². The first-order valence-electron chi connectivity index (χ1n) is 4.98. The maximum absolute atomic E-state index is 5.69. The van der Waals surface area contributed by atoms with E-state index in [1.807, 2.05) is 0 Å². The van der Waals surface area contributed by atoms with Crippen molar-refractivity contribution in [3.8, 4) is 0 Å². The van der Waals surface area contributed by atoms with Gasteiger partial charge in [-0.05, 0) is 12.3 Å². The van der Waals surface area contributed by atoms with Crippen LogP contribution in [0.3, 0.4) is 0 Å². The molecule has 0 N–H and O–H groups in total. The van der Waals surface area contributed by atoms with Crippen molar-refractivity contribution in [2.75, 3.05) is 20.3 Å². The molecule has 2 unspecified atom stereocenters. The Balaban J connectivity index is 2.24. The van der Waals surface area contributed by atoms with E-state index < -0.39 is 0 Å². The monoisotopic (exact) mass is 188 g/mol. The summed E-state index contributed by atoms with van der Waals surface area (Å²) in [5.41, 5.74) is 0. The van der Waals surface area contributed by atoms with E-state index in [1.54, 1.807) is 7.11 Å². The number of ether oxygens (including phenoxy) is 3. The highest BCUT2D eigenvalue weighted by molar-refractivity contribution is 4.64. The molecule has 1 saturated heterocycles. The Morgan fingerprint density at radius 1 is 1.46 bits per heavy atom. The van der Waals surface area contributed by atoms with Crippen LogP contribution in [0.2, 0.25) is 0 Å². The van der Waals surface area contributed by atoms with Crippen LogP contribution in [0, 0.1) is 5.92 Å². The van der Waals surface area contributed by atoms with Crippen molar-refractivity contribution in [2.45, 2.75) is 39.1 Å². The van der Waals surface area contributed by atoms with Crippen molar-refractivity contribution in [1.29, 1.82) is 0 Å². The molecule has 13 heavy (non-hydrogen) atoms. The second-order valence-corrected chi connectivity index (χ2v) is 3.93. The molecule has 78 valence electrons. The Morgan fingerprint density at radius 2 is 2.23 bits per heavy atom. The van der Waals surface area contributed by atoms with Gasteiger partial charge in [-0.15, -0.1) is 0 Å². The van der Waals surface area contributed by atoms with Crippen LogP contribution >= 0.6 is 0 Å². The molecule has 1 heterocycles. The molecule has 1 aliphatic rings. The highest BCUT2D eigenvalue weighted by Gasteiger charge is 2.23. The summed E-state index contributed by atoms with van der Waals surface area (Å²) >= 11 is 0. The van der Waals surface area contributed by atoms with Crippen molar-refractivity contribution >= 4 is 0 Å². The molecular formula is C10H20O3. The van der Waals surface area contributed by atoms with Gasteiger partial charge in [0.05, 0.1) is 19.3 Å². The zero-order valence-electron chi connectivity index (χ0n) is 8.79. The molecule has 0 aliphatic carbocycles. The lowest BCUT2D eigenvalue weighted by Gasteiger charge is -2.30. The quantitative estimate of drug-likeness (QED) is 0.673. The third-order valence-corrected chi connectivity index (χ3v) is 2.10. The van der Waals surface area contributed by atoms with Crippen LogP contribution in [0.4, 0.5) is 0 Å². The number of hydrogen-bond acceptors (Lipinski definition) is 3. The summed E-state index contributed by atoms with van der Waals surface area (Å²) in [4.78, 5) is 0. The average Bonchev–Trinajstić information content (AvgIpc) is 2.04. The van der Waals surface area contributed by atoms with Crippen molar-refractivity contribution in [1.82, 2.24) is 0 Å². The molecule has 0 bridgehead atoms. The maximum atomic E-state index is 5.69. The van der Waals surface area contributed by atoms with Gasteiger partial charge in [-0.1, -0.05) is 13.8 Å². The van der Waals surface area contributed by atoms with Gasteiger partial charge in [0.15, 0.2) is 6.29 Å². The molecule has 1 aliphatic heterocycles. The van der Waals surface area contributed by atoms with Gasteiger partial charge in [0, 0.05) is 13.5 Å². The maximum Gasteiger partial charge on any atom is 0.158 e. The van der Waals surface area contributed by atoms with Crippen LogP contribution in [-0.4, -0.2) is 32.7 Å². The first kappa shape index (κ1) is 11.0. The van der Waals surface area contributed by atoms with Gasteiger partial charge < -0.3 is 14.2 Å². The van der Waals surface area contributed by atoms with Gasteiger partial charge in [-0.25, -0.2) is 0 Å². The van der Waals surface area contributed by atoms with Crippen molar-refractivity contribution in [3.63, 3.8) is 0 Å². The van der Waals surface area contributed by atoms with Crippen LogP contribution in [0.5, 0.6) is 0 Å². The largest absolute Gasteiger partial charge is 0.382 e. The Bertz CT molecular complexity index is 134. The van der Waals surface area contributed by atoms with Gasteiger partial charge in [-0.3, -0.25) is 0 Å². The predicted octanol–water partition coefficient (Wildman–Crippen LogP) is 1.81. The number of methoxy groups -OCH3 is 1. The summed E-state index contributed by atoms with van der Waals surface area (Å²) in [6, 6.07) is 0. The summed E-state index contributed by atoms with van der Waals surface area (Å²) in [6.45, 7) is 5.82. The number of rotatable bonds is 4. The minimum Gasteiger partial charge on any atom is -0.382 e. The Labute approximate surface area is 80.4 Å². The molecule has 3 heteroatoms. The zero-order chi connectivity index (χ0) is 9.68. The summed E-state index contributed by atoms with van der Waals surface area (Å²) in [5.74, 6) is 0.617. The minimum atomic E-state index is -0.0195. The fraction of sp³-hybridized carbons (Fsp3) is 1.00. The standard InChI is InChI=1S/C10H20O3/c1-8(2)6-10-12-5-4-9(13-10)7-11-3/h8-10H,4-7H2,1-3H3. The minimum absolute atomic E-state index is 0.0195. The van der Waals surface area contributed by atoms with Crippen LogP contribution in [-0.2, 0) is 14.2 Å². The lowest BCUT2D eigenvalue weighted by Crippen LogP contribution is -2.35. The third kappa shape index (κ3) is 4.07. The zero-order valence-corrected chi connectivity index (χ0v) is 8.79. The molecule has 1 fully saturated rings. The molecule has 0 saturated carbocycles. The second kappa shape index (κ2) is 5.58. The van der Waals surface area contributed by atoms with Crippen molar-refractivity contribution < 1.29 is 14.2 Å². The fourth-order valence-corrected chi connectivity index (χ4v) is 1.47. The summed E-state index contributed by atoms with van der Waals surface area (Å²) in [6.07, 6.45) is 2.12. The van der Waals surface area contributed by atoms with E-state index in [-0.39, 0.29) is 12.4 Å². The van der Waals surface area contributed by atoms with Crippen LogP contribution < -0.4 is 0 Å². The van der Waals surface area contributed by atoms with E-state index in [0.29, 0.717) is 12.5 Å². The lowest BCUT2D eigenvalue weighted by atomic mass is 10.1. The summed E-state index contributed by atoms with van der Waals surface area (Å²) < 4.78 is 16.2. The molecule has 0 spiro atoms. The first-order valence-corrected chi connectivity index (χ1v) is 4.98. The van der Waals surface area contributed by atoms with Gasteiger partial charge in [0.25, 0.3) is 0 Å². The summed E-state index contributed by atoms with van der Waals surface area (Å²) in [7, 11) is 1.70. The Kier molecular flexibility index (Phi) is 4.70. The molecule has 0 aromatic carbocycles. The molecule has 0 amide bonds. The van der Waals surface area contributed by atoms with Gasteiger partial charge in [0.1, 0.15) is 0 Å². The SMILES string of the molecule is COCC1CCOC(CC(C)C)O1. The molecule has 0 radical (unpaired) electrons. The topological polar surface area (TPSA) is 27.7 Å². The van der Waals surface area contributed by atoms with E-state index in [0.717, 1.165) is 19.4 Å². The Hall–Kier alpha value is -0.120. The van der Waals surface area contributed by atoms with E-state index in [2.05, 4.69) is 13.8 Å². The van der Waals surface area contributed by atoms with Crippen molar-refractivity contribution in [2.24, 2.45) is 5.92 Å². The van der Waals surface area contributed by atoms with E-state index >= 15 is 0 Å². The average molecular weight is 188 g/mol. The third-order valence-electron chi connectivity index (χ3n) is 2.10. The van der Waals surface area contributed by atoms with Crippen LogP contribution in [0.25, 0.3) is 0 Å². The molecular weight excluding hydrogens is 168 g/mol. The van der Waals surface area contributed by atoms with Crippen LogP contribution in [0.15, 0.2) is 0 Å². The van der Waals surface area contributed by atoms with Crippen molar-refractivity contribution in [3.05, 3.63) is 0 Å². The molecule has 0 aromatic rings. The highest BCUT2D eigenvalue weighted by atomic mass is 16.7. The number of hydrogen-bond donors (Lipinski definition) is 0. The highest BCUT2D eigenvalue weighted by Crippen LogP contribution is 2.18. The predicted molar refractivity (Wildman–Crippen MR) is 50.6 cm³/mol. The van der Waals surface area contributed by atoms with E-state index in [4.69, 9.17) is 14.2 Å². The molecule has 2 atom stereocenters. The first-order chi connectivity index (χ1) is 6.22. The normalized spacial score (nSPS) is 29.5. The summed E-state index contributed by atoms with van der Waals surface area (Å²) in [5, 5.41) is 0. The smallest absolute Gasteiger partial charge is 0.158 e. The second-order valence-electron chi connectivity index (χ2n) is 3.93. The molecule has 0 aromatic heterocycles. The lowest BCUT2D eigenvalue weighted by molar-refractivity contribution is -0.226. The molecule has 1 rings (SSSR count). The van der Waals surface area contributed by atoms with Gasteiger partial charge in [-0.2, -0.15) is 0 Å². The van der Waals surface area contributed by atoms with Gasteiger partial charge >= 0.3 is 0 Å². The van der Waals surface area contributed by atoms with Gasteiger partial charge in [0.2, 0.25) is 0 Å². The molecule has 3 nitrogen and oxygen atoms in total. The van der Waals surface area contributed by atoms with E-state index in [1.165, 1.54) is 0 Å².